The number of Topliss-reactive ketones (excluding diaryl/α,β-unsaturated/α-hetero) is 1. The van der Waals surface area contributed by atoms with Gasteiger partial charge >= 0.3 is 0 Å². The van der Waals surface area contributed by atoms with Gasteiger partial charge in [-0.05, 0) is 42.7 Å². The number of hydrogen-bond acceptors (Lipinski definition) is 6. The van der Waals surface area contributed by atoms with E-state index in [2.05, 4.69) is 4.98 Å². The van der Waals surface area contributed by atoms with Crippen LogP contribution in [0.4, 0.5) is 0 Å². The molecule has 2 saturated heterocycles. The van der Waals surface area contributed by atoms with Gasteiger partial charge in [0, 0.05) is 12.7 Å². The number of carbonyl (C=O) groups is 3. The van der Waals surface area contributed by atoms with Crippen molar-refractivity contribution in [2.24, 2.45) is 5.73 Å². The Bertz CT molecular complexity index is 949. The number of amides is 2. The highest BCUT2D eigenvalue weighted by Gasteiger charge is 2.52. The number of fused-ring (bicyclic) bond motifs is 1. The van der Waals surface area contributed by atoms with Crippen molar-refractivity contribution < 1.29 is 19.5 Å². The topological polar surface area (TPSA) is 117 Å². The van der Waals surface area contributed by atoms with E-state index in [-0.39, 0.29) is 48.0 Å². The maximum absolute atomic E-state index is 12.9. The number of phenolic OH excluding ortho intramolecular Hbond substituents is 1. The molecule has 1 aromatic heterocycles. The number of rotatable bonds is 4. The van der Waals surface area contributed by atoms with E-state index in [1.165, 1.54) is 16.0 Å². The van der Waals surface area contributed by atoms with Gasteiger partial charge in [0.2, 0.25) is 5.91 Å². The smallest absolute Gasteiger partial charge is 0.273 e. The highest BCUT2D eigenvalue weighted by Crippen LogP contribution is 2.31. The summed E-state index contributed by atoms with van der Waals surface area (Å²) in [6.07, 6.45) is 2.32. The van der Waals surface area contributed by atoms with Gasteiger partial charge in [0.25, 0.3) is 5.91 Å². The van der Waals surface area contributed by atoms with E-state index in [1.54, 1.807) is 42.5 Å². The first-order valence-electron chi connectivity index (χ1n) is 9.54. The predicted octanol–water partition coefficient (Wildman–Crippen LogP) is 0.352. The number of benzene rings is 1. The zero-order valence-electron chi connectivity index (χ0n) is 15.8. The van der Waals surface area contributed by atoms with Gasteiger partial charge in [-0.2, -0.15) is 0 Å². The van der Waals surface area contributed by atoms with E-state index < -0.39 is 12.1 Å². The molecule has 0 saturated carbocycles. The second-order valence-corrected chi connectivity index (χ2v) is 7.43. The molecule has 8 nitrogen and oxygen atoms in total. The fourth-order valence-corrected chi connectivity index (χ4v) is 4.21. The minimum atomic E-state index is -0.830. The van der Waals surface area contributed by atoms with E-state index >= 15 is 0 Å². The molecular formula is C21H22N4O4. The molecular weight excluding hydrogens is 372 g/mol. The van der Waals surface area contributed by atoms with Crippen molar-refractivity contribution in [3.63, 3.8) is 0 Å². The summed E-state index contributed by atoms with van der Waals surface area (Å²) in [4.78, 5) is 45.5. The number of phenols is 1. The number of pyridine rings is 1. The molecule has 2 fully saturated rings. The third-order valence-electron chi connectivity index (χ3n) is 5.53. The summed E-state index contributed by atoms with van der Waals surface area (Å²) in [6.45, 7) is 0.343. The number of likely N-dealkylation sites (tertiary alicyclic amines) is 2. The number of hydrogen-bond donors (Lipinski definition) is 2. The van der Waals surface area contributed by atoms with Crippen LogP contribution in [0.1, 0.15) is 22.5 Å². The summed E-state index contributed by atoms with van der Waals surface area (Å²) < 4.78 is 0. The van der Waals surface area contributed by atoms with Crippen molar-refractivity contribution in [2.45, 2.75) is 31.0 Å². The first kappa shape index (κ1) is 19.1. The van der Waals surface area contributed by atoms with Crippen molar-refractivity contribution in [1.29, 1.82) is 0 Å². The number of carbonyl (C=O) groups excluding carboxylic acids is 3. The normalized spacial score (nSPS) is 21.9. The Morgan fingerprint density at radius 3 is 2.76 bits per heavy atom. The largest absolute Gasteiger partial charge is 0.508 e. The van der Waals surface area contributed by atoms with Crippen LogP contribution >= 0.6 is 0 Å². The number of nitrogens with zero attached hydrogens (tertiary/aromatic N) is 3. The molecule has 1 aromatic carbocycles. The van der Waals surface area contributed by atoms with E-state index in [1.807, 2.05) is 0 Å². The highest BCUT2D eigenvalue weighted by molar-refractivity contribution is 6.01. The minimum Gasteiger partial charge on any atom is -0.508 e. The Morgan fingerprint density at radius 2 is 2.03 bits per heavy atom. The fourth-order valence-electron chi connectivity index (χ4n) is 4.21. The number of ketones is 1. The number of aromatic nitrogens is 1. The second kappa shape index (κ2) is 7.63. The van der Waals surface area contributed by atoms with Crippen LogP contribution < -0.4 is 5.73 Å². The molecule has 150 valence electrons. The van der Waals surface area contributed by atoms with E-state index in [0.29, 0.717) is 13.0 Å². The van der Waals surface area contributed by atoms with Crippen molar-refractivity contribution in [1.82, 2.24) is 14.8 Å². The van der Waals surface area contributed by atoms with Gasteiger partial charge in [-0.25, -0.2) is 0 Å². The molecule has 2 aliphatic rings. The lowest BCUT2D eigenvalue weighted by Gasteiger charge is -2.26. The molecule has 8 heteroatoms. The van der Waals surface area contributed by atoms with Crippen LogP contribution in [0, 0.1) is 0 Å². The van der Waals surface area contributed by atoms with Gasteiger partial charge in [-0.3, -0.25) is 19.4 Å². The predicted molar refractivity (Wildman–Crippen MR) is 104 cm³/mol. The molecule has 2 aromatic rings. The SMILES string of the molecule is NC(Cc1cccc(O)c1)C(=O)N1CCC2C1C(=O)CN2C(=O)c1ccccn1. The van der Waals surface area contributed by atoms with Crippen molar-refractivity contribution >= 4 is 17.6 Å². The van der Waals surface area contributed by atoms with Crippen LogP contribution in [0.25, 0.3) is 0 Å². The van der Waals surface area contributed by atoms with Crippen LogP contribution in [0.5, 0.6) is 5.75 Å². The summed E-state index contributed by atoms with van der Waals surface area (Å²) in [5, 5.41) is 9.59. The van der Waals surface area contributed by atoms with Crippen LogP contribution in [0.2, 0.25) is 0 Å². The third kappa shape index (κ3) is 3.58. The molecule has 0 aliphatic carbocycles. The zero-order valence-corrected chi connectivity index (χ0v) is 15.8. The first-order chi connectivity index (χ1) is 14.0. The Balaban J connectivity index is 1.47. The van der Waals surface area contributed by atoms with Crippen molar-refractivity contribution in [2.75, 3.05) is 13.1 Å². The molecule has 3 atom stereocenters. The second-order valence-electron chi connectivity index (χ2n) is 7.43. The van der Waals surface area contributed by atoms with Gasteiger partial charge in [0.05, 0.1) is 18.6 Å². The summed E-state index contributed by atoms with van der Waals surface area (Å²) >= 11 is 0. The average molecular weight is 394 g/mol. The maximum Gasteiger partial charge on any atom is 0.273 e. The van der Waals surface area contributed by atoms with Crippen molar-refractivity contribution in [3.05, 3.63) is 59.9 Å². The molecule has 2 amide bonds. The molecule has 29 heavy (non-hydrogen) atoms. The standard InChI is InChI=1S/C21H22N4O4/c22-15(11-13-4-3-5-14(26)10-13)20(28)24-9-7-17-19(24)18(27)12-25(17)21(29)16-6-1-2-8-23-16/h1-6,8,10,15,17,19,26H,7,9,11-12,22H2. The van der Waals surface area contributed by atoms with Gasteiger partial charge in [-0.1, -0.05) is 18.2 Å². The average Bonchev–Trinajstić information content (AvgIpc) is 3.29. The Labute approximate surface area is 167 Å². The quantitative estimate of drug-likeness (QED) is 0.773. The molecule has 3 unspecified atom stereocenters. The summed E-state index contributed by atoms with van der Waals surface area (Å²) in [5.41, 5.74) is 7.14. The summed E-state index contributed by atoms with van der Waals surface area (Å²) in [7, 11) is 0. The first-order valence-corrected chi connectivity index (χ1v) is 9.54. The molecule has 3 heterocycles. The number of nitrogens with two attached hydrogens (primary N) is 1. The van der Waals surface area contributed by atoms with Gasteiger partial charge in [-0.15, -0.1) is 0 Å². The van der Waals surface area contributed by atoms with E-state index in [4.69, 9.17) is 5.73 Å². The maximum atomic E-state index is 12.9. The lowest BCUT2D eigenvalue weighted by molar-refractivity contribution is -0.137. The third-order valence-corrected chi connectivity index (χ3v) is 5.53. The molecule has 0 bridgehead atoms. The fraction of sp³-hybridized carbons (Fsp3) is 0.333. The van der Waals surface area contributed by atoms with Crippen LogP contribution in [0.15, 0.2) is 48.7 Å². The summed E-state index contributed by atoms with van der Waals surface area (Å²) in [6, 6.07) is 9.80. The van der Waals surface area contributed by atoms with E-state index in [0.717, 1.165) is 5.56 Å². The van der Waals surface area contributed by atoms with Gasteiger partial charge in [0.1, 0.15) is 17.5 Å². The highest BCUT2D eigenvalue weighted by atomic mass is 16.3. The minimum absolute atomic E-state index is 0.0314. The van der Waals surface area contributed by atoms with Crippen molar-refractivity contribution in [3.8, 4) is 5.75 Å². The van der Waals surface area contributed by atoms with E-state index in [9.17, 15) is 19.5 Å². The molecule has 4 rings (SSSR count). The molecule has 0 radical (unpaired) electrons. The van der Waals surface area contributed by atoms with Gasteiger partial charge in [0.15, 0.2) is 5.78 Å². The lowest BCUT2D eigenvalue weighted by Crippen LogP contribution is -2.50. The van der Waals surface area contributed by atoms with Gasteiger partial charge < -0.3 is 20.6 Å². The Kier molecular flexibility index (Phi) is 5.02. The Morgan fingerprint density at radius 1 is 1.21 bits per heavy atom. The monoisotopic (exact) mass is 394 g/mol. The Hall–Kier alpha value is -3.26. The molecule has 0 spiro atoms. The summed E-state index contributed by atoms with van der Waals surface area (Å²) in [5.74, 6) is -0.668. The van der Waals surface area contributed by atoms with Crippen LogP contribution in [-0.2, 0) is 16.0 Å². The van der Waals surface area contributed by atoms with Crippen LogP contribution in [-0.4, -0.2) is 68.7 Å². The molecule has 3 N–H and O–H groups in total. The molecule has 2 aliphatic heterocycles. The van der Waals surface area contributed by atoms with Crippen LogP contribution in [0.3, 0.4) is 0 Å². The lowest BCUT2D eigenvalue weighted by atomic mass is 10.0. The zero-order chi connectivity index (χ0) is 20.5. The number of aromatic hydroxyl groups is 1.